The van der Waals surface area contributed by atoms with Crippen molar-refractivity contribution in [1.29, 1.82) is 0 Å². The van der Waals surface area contributed by atoms with Crippen molar-refractivity contribution >= 4 is 17.5 Å². The molecule has 1 atom stereocenters. The third kappa shape index (κ3) is 3.25. The summed E-state index contributed by atoms with van der Waals surface area (Å²) in [7, 11) is 1.56. The summed E-state index contributed by atoms with van der Waals surface area (Å²) in [6.07, 6.45) is 1.48. The summed E-state index contributed by atoms with van der Waals surface area (Å²) >= 11 is 5.67. The average Bonchev–Trinajstić information content (AvgIpc) is 2.63. The summed E-state index contributed by atoms with van der Waals surface area (Å²) in [6.45, 7) is 2.19. The van der Waals surface area contributed by atoms with Crippen molar-refractivity contribution in [2.24, 2.45) is 0 Å². The number of furan rings is 1. The van der Waals surface area contributed by atoms with E-state index >= 15 is 0 Å². The van der Waals surface area contributed by atoms with Gasteiger partial charge < -0.3 is 14.5 Å². The van der Waals surface area contributed by atoms with Crippen LogP contribution in [0, 0.1) is 6.92 Å². The molecule has 1 rings (SSSR count). The number of carbonyl (C=O) groups is 1. The topological polar surface area (TPSA) is 51.5 Å². The largest absolute Gasteiger partial charge is 0.459 e. The van der Waals surface area contributed by atoms with E-state index in [1.807, 2.05) is 6.92 Å². The van der Waals surface area contributed by atoms with E-state index in [0.29, 0.717) is 18.2 Å². The first kappa shape index (κ1) is 12.1. The number of rotatable bonds is 5. The molecule has 1 aromatic heterocycles. The highest BCUT2D eigenvalue weighted by Gasteiger charge is 2.16. The molecule has 0 aliphatic heterocycles. The van der Waals surface area contributed by atoms with Gasteiger partial charge in [-0.2, -0.15) is 0 Å². The van der Waals surface area contributed by atoms with Gasteiger partial charge in [-0.3, -0.25) is 4.79 Å². The van der Waals surface area contributed by atoms with Gasteiger partial charge in [-0.1, -0.05) is 0 Å². The number of amides is 1. The van der Waals surface area contributed by atoms with Gasteiger partial charge in [0.1, 0.15) is 0 Å². The molecule has 0 saturated heterocycles. The van der Waals surface area contributed by atoms with Crippen molar-refractivity contribution in [1.82, 2.24) is 5.32 Å². The molecule has 0 aliphatic carbocycles. The number of ether oxygens (including phenoxy) is 1. The van der Waals surface area contributed by atoms with Gasteiger partial charge in [0.2, 0.25) is 0 Å². The second-order valence-electron chi connectivity index (χ2n) is 3.21. The lowest BCUT2D eigenvalue weighted by molar-refractivity contribution is 0.0878. The van der Waals surface area contributed by atoms with Crippen molar-refractivity contribution in [3.8, 4) is 0 Å². The Bertz CT molecular complexity index is 324. The first-order chi connectivity index (χ1) is 7.19. The molecule has 1 heterocycles. The maximum atomic E-state index is 11.7. The van der Waals surface area contributed by atoms with E-state index in [2.05, 4.69) is 5.32 Å². The van der Waals surface area contributed by atoms with E-state index in [1.165, 1.54) is 6.26 Å². The Morgan fingerprint density at radius 1 is 1.73 bits per heavy atom. The first-order valence-electron chi connectivity index (χ1n) is 4.59. The van der Waals surface area contributed by atoms with Crippen LogP contribution in [0.4, 0.5) is 0 Å². The van der Waals surface area contributed by atoms with Crippen LogP contribution < -0.4 is 5.32 Å². The van der Waals surface area contributed by atoms with Gasteiger partial charge in [-0.25, -0.2) is 0 Å². The molecule has 0 spiro atoms. The van der Waals surface area contributed by atoms with E-state index in [9.17, 15) is 4.79 Å². The monoisotopic (exact) mass is 231 g/mol. The molecule has 0 aliphatic rings. The predicted octanol–water partition coefficient (Wildman–Crippen LogP) is 1.57. The lowest BCUT2D eigenvalue weighted by Crippen LogP contribution is -2.39. The molecule has 0 saturated carbocycles. The molecule has 1 unspecified atom stereocenters. The lowest BCUT2D eigenvalue weighted by atomic mass is 10.2. The van der Waals surface area contributed by atoms with Crippen LogP contribution in [0.15, 0.2) is 16.7 Å². The molecule has 1 aromatic rings. The lowest BCUT2D eigenvalue weighted by Gasteiger charge is -2.13. The maximum absolute atomic E-state index is 11.7. The Balaban J connectivity index is 2.58. The number of methoxy groups -OCH3 is 1. The zero-order chi connectivity index (χ0) is 11.3. The van der Waals surface area contributed by atoms with Gasteiger partial charge in [0, 0.05) is 18.6 Å². The highest BCUT2D eigenvalue weighted by atomic mass is 35.5. The molecule has 0 radical (unpaired) electrons. The molecule has 0 fully saturated rings. The highest BCUT2D eigenvalue weighted by molar-refractivity contribution is 6.18. The summed E-state index contributed by atoms with van der Waals surface area (Å²) < 4.78 is 9.97. The third-order valence-electron chi connectivity index (χ3n) is 1.96. The summed E-state index contributed by atoms with van der Waals surface area (Å²) in [5, 5.41) is 2.72. The average molecular weight is 232 g/mol. The number of carbonyl (C=O) groups excluding carboxylic acids is 1. The molecule has 5 heteroatoms. The van der Waals surface area contributed by atoms with Crippen LogP contribution >= 0.6 is 11.6 Å². The standard InChI is InChI=1S/C10H14ClNO3/c1-7-3-4-15-9(7)10(13)12-8(5-11)6-14-2/h3-4,8H,5-6H2,1-2H3,(H,12,13). The van der Waals surface area contributed by atoms with Crippen LogP contribution in [-0.4, -0.2) is 31.5 Å². The van der Waals surface area contributed by atoms with Crippen molar-refractivity contribution in [3.05, 3.63) is 23.7 Å². The van der Waals surface area contributed by atoms with E-state index in [0.717, 1.165) is 5.56 Å². The summed E-state index contributed by atoms with van der Waals surface area (Å²) in [4.78, 5) is 11.7. The Labute approximate surface area is 93.5 Å². The third-order valence-corrected chi connectivity index (χ3v) is 2.33. The second-order valence-corrected chi connectivity index (χ2v) is 3.52. The number of hydrogen-bond acceptors (Lipinski definition) is 3. The van der Waals surface area contributed by atoms with Crippen LogP contribution in [-0.2, 0) is 4.74 Å². The molecule has 0 bridgehead atoms. The zero-order valence-electron chi connectivity index (χ0n) is 8.75. The molecule has 1 amide bonds. The van der Waals surface area contributed by atoms with E-state index in [-0.39, 0.29) is 11.9 Å². The zero-order valence-corrected chi connectivity index (χ0v) is 9.50. The second kappa shape index (κ2) is 5.78. The Kier molecular flexibility index (Phi) is 4.65. The quantitative estimate of drug-likeness (QED) is 0.783. The molecule has 4 nitrogen and oxygen atoms in total. The summed E-state index contributed by atoms with van der Waals surface area (Å²) in [5.41, 5.74) is 0.804. The summed E-state index contributed by atoms with van der Waals surface area (Å²) in [5.74, 6) is 0.362. The molecule has 0 aromatic carbocycles. The van der Waals surface area contributed by atoms with E-state index in [4.69, 9.17) is 20.8 Å². The number of nitrogens with one attached hydrogen (secondary N) is 1. The smallest absolute Gasteiger partial charge is 0.287 e. The highest BCUT2D eigenvalue weighted by Crippen LogP contribution is 2.08. The van der Waals surface area contributed by atoms with Crippen LogP contribution in [0.3, 0.4) is 0 Å². The molecule has 1 N–H and O–H groups in total. The molecule has 84 valence electrons. The molecular formula is C10H14ClNO3. The van der Waals surface area contributed by atoms with E-state index < -0.39 is 0 Å². The number of hydrogen-bond donors (Lipinski definition) is 1. The van der Waals surface area contributed by atoms with Crippen molar-refractivity contribution in [3.63, 3.8) is 0 Å². The van der Waals surface area contributed by atoms with Gasteiger partial charge in [0.15, 0.2) is 5.76 Å². The van der Waals surface area contributed by atoms with Crippen molar-refractivity contribution in [2.45, 2.75) is 13.0 Å². The number of aryl methyl sites for hydroxylation is 1. The van der Waals surface area contributed by atoms with Gasteiger partial charge in [-0.05, 0) is 13.0 Å². The minimum Gasteiger partial charge on any atom is -0.459 e. The fourth-order valence-corrected chi connectivity index (χ4v) is 1.35. The fraction of sp³-hybridized carbons (Fsp3) is 0.500. The van der Waals surface area contributed by atoms with Gasteiger partial charge in [0.05, 0.1) is 18.9 Å². The van der Waals surface area contributed by atoms with Crippen molar-refractivity contribution in [2.75, 3.05) is 19.6 Å². The van der Waals surface area contributed by atoms with Crippen LogP contribution in [0.2, 0.25) is 0 Å². The molecular weight excluding hydrogens is 218 g/mol. The van der Waals surface area contributed by atoms with Crippen LogP contribution in [0.1, 0.15) is 16.1 Å². The number of alkyl halides is 1. The Morgan fingerprint density at radius 2 is 2.47 bits per heavy atom. The Hall–Kier alpha value is -1.00. The van der Waals surface area contributed by atoms with Gasteiger partial charge >= 0.3 is 0 Å². The first-order valence-corrected chi connectivity index (χ1v) is 5.12. The Morgan fingerprint density at radius 3 is 2.93 bits per heavy atom. The SMILES string of the molecule is COCC(CCl)NC(=O)c1occc1C. The minimum absolute atomic E-state index is 0.200. The minimum atomic E-state index is -0.264. The van der Waals surface area contributed by atoms with E-state index in [1.54, 1.807) is 13.2 Å². The summed E-state index contributed by atoms with van der Waals surface area (Å²) in [6, 6.07) is 1.54. The predicted molar refractivity (Wildman–Crippen MR) is 57.3 cm³/mol. The van der Waals surface area contributed by atoms with Crippen LogP contribution in [0.5, 0.6) is 0 Å². The fourth-order valence-electron chi connectivity index (χ4n) is 1.18. The number of halogens is 1. The maximum Gasteiger partial charge on any atom is 0.287 e. The van der Waals surface area contributed by atoms with Gasteiger partial charge in [0.25, 0.3) is 5.91 Å². The van der Waals surface area contributed by atoms with Crippen LogP contribution in [0.25, 0.3) is 0 Å². The normalized spacial score (nSPS) is 12.5. The molecule has 15 heavy (non-hydrogen) atoms. The van der Waals surface area contributed by atoms with Gasteiger partial charge in [-0.15, -0.1) is 11.6 Å². The van der Waals surface area contributed by atoms with Crippen molar-refractivity contribution < 1.29 is 13.9 Å².